The zero-order chi connectivity index (χ0) is 22.3. The molecule has 0 heterocycles. The normalized spacial score (nSPS) is 11.5. The minimum Gasteiger partial charge on any atom is -0.494 e. The Morgan fingerprint density at radius 2 is 1.45 bits per heavy atom. The van der Waals surface area contributed by atoms with Gasteiger partial charge < -0.3 is 14.2 Å². The number of benzene rings is 2. The van der Waals surface area contributed by atoms with Gasteiger partial charge in [0.1, 0.15) is 17.2 Å². The Hall–Kier alpha value is -2.75. The fourth-order valence-corrected chi connectivity index (χ4v) is 2.92. The summed E-state index contributed by atoms with van der Waals surface area (Å²) in [7, 11) is 0. The van der Waals surface area contributed by atoms with Crippen LogP contribution in [0.5, 0.6) is 17.2 Å². The van der Waals surface area contributed by atoms with Gasteiger partial charge >= 0.3 is 5.97 Å². The quantitative estimate of drug-likeness (QED) is 0.131. The SMILES string of the molecule is C=CCCCCCCCOc1ccc(OC(=O)c2ccc(OC[C@@H](C)CC)cc2)cc1. The lowest BCUT2D eigenvalue weighted by molar-refractivity contribution is 0.0734. The zero-order valence-electron chi connectivity index (χ0n) is 19.0. The van der Waals surface area contributed by atoms with E-state index in [2.05, 4.69) is 20.4 Å². The van der Waals surface area contributed by atoms with E-state index in [1.165, 1.54) is 25.7 Å². The van der Waals surface area contributed by atoms with Crippen molar-refractivity contribution >= 4 is 5.97 Å². The van der Waals surface area contributed by atoms with Crippen LogP contribution in [-0.4, -0.2) is 19.2 Å². The van der Waals surface area contributed by atoms with Crippen molar-refractivity contribution in [1.82, 2.24) is 0 Å². The van der Waals surface area contributed by atoms with Gasteiger partial charge in [0.25, 0.3) is 0 Å². The summed E-state index contributed by atoms with van der Waals surface area (Å²) < 4.78 is 17.0. The molecule has 0 bridgehead atoms. The Morgan fingerprint density at radius 3 is 2.13 bits per heavy atom. The minimum atomic E-state index is -0.390. The summed E-state index contributed by atoms with van der Waals surface area (Å²) in [5.41, 5.74) is 0.490. The molecule has 4 heteroatoms. The van der Waals surface area contributed by atoms with Gasteiger partial charge in [-0.05, 0) is 73.7 Å². The van der Waals surface area contributed by atoms with Gasteiger partial charge in [-0.3, -0.25) is 0 Å². The average Bonchev–Trinajstić information content (AvgIpc) is 2.80. The molecule has 0 aliphatic rings. The first-order valence-corrected chi connectivity index (χ1v) is 11.4. The van der Waals surface area contributed by atoms with E-state index in [4.69, 9.17) is 14.2 Å². The minimum absolute atomic E-state index is 0.390. The van der Waals surface area contributed by atoms with E-state index in [9.17, 15) is 4.79 Å². The number of carbonyl (C=O) groups is 1. The van der Waals surface area contributed by atoms with E-state index in [0.29, 0.717) is 30.4 Å². The van der Waals surface area contributed by atoms with Crippen molar-refractivity contribution in [3.05, 3.63) is 66.7 Å². The molecule has 0 spiro atoms. The van der Waals surface area contributed by atoms with Crippen LogP contribution in [-0.2, 0) is 0 Å². The molecular weight excluding hydrogens is 388 g/mol. The molecule has 0 unspecified atom stereocenters. The molecule has 2 rings (SSSR count). The number of ether oxygens (including phenoxy) is 3. The number of esters is 1. The van der Waals surface area contributed by atoms with Crippen LogP contribution in [0.2, 0.25) is 0 Å². The summed E-state index contributed by atoms with van der Waals surface area (Å²) in [6, 6.07) is 14.2. The lowest BCUT2D eigenvalue weighted by atomic mass is 10.1. The van der Waals surface area contributed by atoms with Gasteiger partial charge in [0, 0.05) is 0 Å². The Labute approximate surface area is 187 Å². The smallest absolute Gasteiger partial charge is 0.343 e. The van der Waals surface area contributed by atoms with Gasteiger partial charge in [0.05, 0.1) is 18.8 Å². The molecule has 31 heavy (non-hydrogen) atoms. The van der Waals surface area contributed by atoms with Crippen LogP contribution in [0.15, 0.2) is 61.2 Å². The maximum Gasteiger partial charge on any atom is 0.343 e. The monoisotopic (exact) mass is 424 g/mol. The maximum absolute atomic E-state index is 12.4. The number of hydrogen-bond donors (Lipinski definition) is 0. The third kappa shape index (κ3) is 9.73. The highest BCUT2D eigenvalue weighted by Crippen LogP contribution is 2.20. The predicted octanol–water partition coefficient (Wildman–Crippen LogP) is 7.24. The summed E-state index contributed by atoms with van der Waals surface area (Å²) >= 11 is 0. The van der Waals surface area contributed by atoms with Gasteiger partial charge in [-0.2, -0.15) is 0 Å². The Balaban J connectivity index is 1.70. The van der Waals surface area contributed by atoms with Crippen LogP contribution < -0.4 is 14.2 Å². The molecule has 0 saturated heterocycles. The highest BCUT2D eigenvalue weighted by molar-refractivity contribution is 5.91. The van der Waals surface area contributed by atoms with Crippen LogP contribution in [0.1, 0.15) is 69.2 Å². The van der Waals surface area contributed by atoms with Gasteiger partial charge in [0.15, 0.2) is 0 Å². The first kappa shape index (κ1) is 24.5. The molecule has 0 saturated carbocycles. The van der Waals surface area contributed by atoms with Crippen molar-refractivity contribution in [1.29, 1.82) is 0 Å². The number of allylic oxidation sites excluding steroid dienone is 1. The van der Waals surface area contributed by atoms with E-state index >= 15 is 0 Å². The van der Waals surface area contributed by atoms with Crippen LogP contribution in [0, 0.1) is 5.92 Å². The molecular formula is C27H36O4. The summed E-state index contributed by atoms with van der Waals surface area (Å²) in [4.78, 5) is 12.4. The Bertz CT molecular complexity index is 765. The maximum atomic E-state index is 12.4. The molecule has 0 aliphatic heterocycles. The number of unbranched alkanes of at least 4 members (excludes halogenated alkanes) is 5. The van der Waals surface area contributed by atoms with Crippen LogP contribution in [0.3, 0.4) is 0 Å². The van der Waals surface area contributed by atoms with E-state index in [1.807, 2.05) is 18.2 Å². The zero-order valence-corrected chi connectivity index (χ0v) is 19.0. The first-order valence-electron chi connectivity index (χ1n) is 11.4. The van der Waals surface area contributed by atoms with E-state index in [1.54, 1.807) is 36.4 Å². The van der Waals surface area contributed by atoms with Gasteiger partial charge in [0.2, 0.25) is 0 Å². The average molecular weight is 425 g/mol. The van der Waals surface area contributed by atoms with E-state index < -0.39 is 5.97 Å². The molecule has 4 nitrogen and oxygen atoms in total. The van der Waals surface area contributed by atoms with Gasteiger partial charge in [-0.15, -0.1) is 6.58 Å². The fourth-order valence-electron chi connectivity index (χ4n) is 2.92. The van der Waals surface area contributed by atoms with Crippen molar-refractivity contribution in [2.45, 2.75) is 58.8 Å². The van der Waals surface area contributed by atoms with E-state index in [-0.39, 0.29) is 0 Å². The second kappa shape index (κ2) is 14.3. The molecule has 0 radical (unpaired) electrons. The molecule has 1 atom stereocenters. The van der Waals surface area contributed by atoms with Crippen LogP contribution >= 0.6 is 0 Å². The van der Waals surface area contributed by atoms with Crippen molar-refractivity contribution in [3.63, 3.8) is 0 Å². The molecule has 0 aliphatic carbocycles. The standard InChI is InChI=1S/C27H36O4/c1-4-6-7-8-9-10-11-20-29-24-16-18-26(19-17-24)31-27(28)23-12-14-25(15-13-23)30-21-22(3)5-2/h4,12-19,22H,1,5-11,20-21H2,2-3H3/t22-/m0/s1. The van der Waals surface area contributed by atoms with Crippen molar-refractivity contribution in [3.8, 4) is 17.2 Å². The predicted molar refractivity (Wildman–Crippen MR) is 126 cm³/mol. The molecule has 0 amide bonds. The molecule has 0 fully saturated rings. The lowest BCUT2D eigenvalue weighted by Crippen LogP contribution is -2.09. The first-order chi connectivity index (χ1) is 15.1. The summed E-state index contributed by atoms with van der Waals surface area (Å²) in [6.45, 7) is 9.40. The van der Waals surface area contributed by atoms with Gasteiger partial charge in [-0.25, -0.2) is 4.79 Å². The molecule has 2 aromatic rings. The highest BCUT2D eigenvalue weighted by Gasteiger charge is 2.09. The second-order valence-electron chi connectivity index (χ2n) is 7.90. The van der Waals surface area contributed by atoms with Crippen molar-refractivity contribution in [2.75, 3.05) is 13.2 Å². The summed E-state index contributed by atoms with van der Waals surface area (Å²) in [6.07, 6.45) is 10.1. The second-order valence-corrected chi connectivity index (χ2v) is 7.90. The third-order valence-corrected chi connectivity index (χ3v) is 5.18. The molecule has 168 valence electrons. The summed E-state index contributed by atoms with van der Waals surface area (Å²) in [5, 5.41) is 0. The number of hydrogen-bond acceptors (Lipinski definition) is 4. The van der Waals surface area contributed by atoms with Gasteiger partial charge in [-0.1, -0.05) is 45.6 Å². The third-order valence-electron chi connectivity index (χ3n) is 5.18. The Morgan fingerprint density at radius 1 is 0.871 bits per heavy atom. The Kier molecular flexibility index (Phi) is 11.3. The molecule has 0 aromatic heterocycles. The van der Waals surface area contributed by atoms with Crippen LogP contribution in [0.4, 0.5) is 0 Å². The highest BCUT2D eigenvalue weighted by atomic mass is 16.5. The molecule has 2 aromatic carbocycles. The number of carbonyl (C=O) groups excluding carboxylic acids is 1. The van der Waals surface area contributed by atoms with Crippen molar-refractivity contribution < 1.29 is 19.0 Å². The summed E-state index contributed by atoms with van der Waals surface area (Å²) in [5.74, 6) is 2.16. The largest absolute Gasteiger partial charge is 0.494 e. The van der Waals surface area contributed by atoms with Crippen molar-refractivity contribution in [2.24, 2.45) is 5.92 Å². The molecule has 0 N–H and O–H groups in total. The topological polar surface area (TPSA) is 44.8 Å². The number of rotatable bonds is 15. The fraction of sp³-hybridized carbons (Fsp3) is 0.444. The van der Waals surface area contributed by atoms with E-state index in [0.717, 1.165) is 30.8 Å². The lowest BCUT2D eigenvalue weighted by Gasteiger charge is -2.11. The van der Waals surface area contributed by atoms with Crippen LogP contribution in [0.25, 0.3) is 0 Å².